The minimum absolute atomic E-state index is 0.0671. The number of hydrogen-bond donors (Lipinski definition) is 1. The summed E-state index contributed by atoms with van der Waals surface area (Å²) in [5, 5.41) is 12.1. The number of piperidine rings is 2. The van der Waals surface area contributed by atoms with Crippen molar-refractivity contribution in [2.75, 3.05) is 32.7 Å². The topological polar surface area (TPSA) is 93.5 Å². The number of likely N-dealkylation sites (tertiary alicyclic amines) is 1. The average molecular weight is 433 g/mol. The van der Waals surface area contributed by atoms with Crippen LogP contribution in [0.1, 0.15) is 51.0 Å². The molecule has 2 aliphatic rings. The molecular weight excluding hydrogens is 400 g/mol. The maximum absolute atomic E-state index is 12.8. The van der Waals surface area contributed by atoms with Crippen LogP contribution in [0.15, 0.2) is 29.2 Å². The standard InChI is InChI=1S/C22H32N4O3S/c1-2-3-12-25-13-10-20(11-14-25)24-22(27)19-8-15-26(16-9-19)30(28,29)21-6-4-18(17-23)5-7-21/h4-7,19-20H,2-3,8-16H2,1H3,(H,24,27). The fourth-order valence-electron chi connectivity index (χ4n) is 4.21. The number of nitrogens with zero attached hydrogens (tertiary/aromatic N) is 3. The van der Waals surface area contributed by atoms with E-state index in [0.717, 1.165) is 32.5 Å². The fourth-order valence-corrected chi connectivity index (χ4v) is 5.68. The van der Waals surface area contributed by atoms with Gasteiger partial charge in [-0.05, 0) is 62.9 Å². The summed E-state index contributed by atoms with van der Waals surface area (Å²) in [5.41, 5.74) is 0.431. The molecule has 0 aromatic heterocycles. The van der Waals surface area contributed by atoms with Gasteiger partial charge in [-0.1, -0.05) is 13.3 Å². The lowest BCUT2D eigenvalue weighted by Crippen LogP contribution is -2.48. The van der Waals surface area contributed by atoms with Gasteiger partial charge in [-0.25, -0.2) is 8.42 Å². The van der Waals surface area contributed by atoms with Crippen molar-refractivity contribution >= 4 is 15.9 Å². The van der Waals surface area contributed by atoms with E-state index < -0.39 is 10.0 Å². The molecule has 0 spiro atoms. The van der Waals surface area contributed by atoms with Crippen molar-refractivity contribution in [2.45, 2.75) is 56.4 Å². The Hall–Kier alpha value is -1.95. The zero-order valence-electron chi connectivity index (χ0n) is 17.7. The largest absolute Gasteiger partial charge is 0.353 e. The summed E-state index contributed by atoms with van der Waals surface area (Å²) in [6.45, 7) is 6.10. The zero-order valence-corrected chi connectivity index (χ0v) is 18.5. The van der Waals surface area contributed by atoms with Crippen LogP contribution in [0.4, 0.5) is 0 Å². The first kappa shape index (κ1) is 22.7. The maximum atomic E-state index is 12.8. The van der Waals surface area contributed by atoms with E-state index in [2.05, 4.69) is 17.1 Å². The number of unbranched alkanes of at least 4 members (excludes halogenated alkanes) is 1. The third-order valence-electron chi connectivity index (χ3n) is 6.21. The van der Waals surface area contributed by atoms with Gasteiger partial charge in [0.1, 0.15) is 0 Å². The summed E-state index contributed by atoms with van der Waals surface area (Å²) >= 11 is 0. The average Bonchev–Trinajstić information content (AvgIpc) is 2.78. The quantitative estimate of drug-likeness (QED) is 0.714. The Bertz CT molecular complexity index is 847. The molecule has 30 heavy (non-hydrogen) atoms. The summed E-state index contributed by atoms with van der Waals surface area (Å²) in [7, 11) is -3.59. The second-order valence-electron chi connectivity index (χ2n) is 8.29. The molecule has 164 valence electrons. The number of hydrogen-bond acceptors (Lipinski definition) is 5. The third kappa shape index (κ3) is 5.60. The molecule has 0 bridgehead atoms. The van der Waals surface area contributed by atoms with Gasteiger partial charge in [-0.15, -0.1) is 0 Å². The van der Waals surface area contributed by atoms with E-state index in [4.69, 9.17) is 5.26 Å². The van der Waals surface area contributed by atoms with Crippen molar-refractivity contribution in [1.82, 2.24) is 14.5 Å². The molecule has 0 unspecified atom stereocenters. The van der Waals surface area contributed by atoms with Crippen molar-refractivity contribution in [2.24, 2.45) is 5.92 Å². The molecule has 1 amide bonds. The Morgan fingerprint density at radius 1 is 1.10 bits per heavy atom. The Kier molecular flexibility index (Phi) is 7.87. The lowest BCUT2D eigenvalue weighted by Gasteiger charge is -2.34. The predicted octanol–water partition coefficient (Wildman–Crippen LogP) is 2.34. The van der Waals surface area contributed by atoms with Gasteiger partial charge < -0.3 is 10.2 Å². The van der Waals surface area contributed by atoms with Gasteiger partial charge in [0.25, 0.3) is 0 Å². The van der Waals surface area contributed by atoms with Crippen molar-refractivity contribution in [1.29, 1.82) is 5.26 Å². The molecule has 7 nitrogen and oxygen atoms in total. The van der Waals surface area contributed by atoms with E-state index >= 15 is 0 Å². The lowest BCUT2D eigenvalue weighted by molar-refractivity contribution is -0.127. The summed E-state index contributed by atoms with van der Waals surface area (Å²) in [5.74, 6) is -0.0621. The van der Waals surface area contributed by atoms with Crippen LogP contribution in [-0.4, -0.2) is 62.3 Å². The van der Waals surface area contributed by atoms with Gasteiger partial charge in [-0.2, -0.15) is 9.57 Å². The molecule has 0 aliphatic carbocycles. The second kappa shape index (κ2) is 10.4. The number of sulfonamides is 1. The molecule has 2 saturated heterocycles. The molecule has 0 radical (unpaired) electrons. The summed E-state index contributed by atoms with van der Waals surface area (Å²) in [4.78, 5) is 15.4. The second-order valence-corrected chi connectivity index (χ2v) is 10.2. The number of carbonyl (C=O) groups is 1. The Labute approximate surface area is 180 Å². The molecule has 1 N–H and O–H groups in total. The van der Waals surface area contributed by atoms with E-state index in [1.165, 1.54) is 41.4 Å². The number of nitrogens with one attached hydrogen (secondary N) is 1. The van der Waals surface area contributed by atoms with Crippen LogP contribution in [0.2, 0.25) is 0 Å². The van der Waals surface area contributed by atoms with Crippen molar-refractivity contribution in [3.05, 3.63) is 29.8 Å². The molecule has 0 saturated carbocycles. The first-order valence-corrected chi connectivity index (χ1v) is 12.4. The zero-order chi connectivity index (χ0) is 21.6. The molecular formula is C22H32N4O3S. The molecule has 3 rings (SSSR count). The molecule has 2 heterocycles. The van der Waals surface area contributed by atoms with E-state index in [1.807, 2.05) is 6.07 Å². The first-order chi connectivity index (χ1) is 14.4. The number of nitriles is 1. The number of amides is 1. The van der Waals surface area contributed by atoms with E-state index in [9.17, 15) is 13.2 Å². The van der Waals surface area contributed by atoms with Crippen LogP contribution in [-0.2, 0) is 14.8 Å². The minimum Gasteiger partial charge on any atom is -0.353 e. The highest BCUT2D eigenvalue weighted by molar-refractivity contribution is 7.89. The Morgan fingerprint density at radius 3 is 2.30 bits per heavy atom. The van der Waals surface area contributed by atoms with E-state index in [-0.39, 0.29) is 22.8 Å². The molecule has 1 aromatic rings. The van der Waals surface area contributed by atoms with E-state index in [1.54, 1.807) is 0 Å². The van der Waals surface area contributed by atoms with Gasteiger partial charge >= 0.3 is 0 Å². The highest BCUT2D eigenvalue weighted by Crippen LogP contribution is 2.24. The number of rotatable bonds is 7. The molecule has 2 aliphatic heterocycles. The van der Waals surface area contributed by atoms with Gasteiger partial charge in [0.15, 0.2) is 0 Å². The Balaban J connectivity index is 1.47. The SMILES string of the molecule is CCCCN1CCC(NC(=O)C2CCN(S(=O)(=O)c3ccc(C#N)cc3)CC2)CC1. The number of carbonyl (C=O) groups excluding carboxylic acids is 1. The summed E-state index contributed by atoms with van der Waals surface area (Å²) < 4.78 is 27.1. The van der Waals surface area contributed by atoms with Crippen LogP contribution in [0.25, 0.3) is 0 Å². The molecule has 8 heteroatoms. The van der Waals surface area contributed by atoms with Crippen molar-refractivity contribution < 1.29 is 13.2 Å². The molecule has 0 atom stereocenters. The normalized spacial score (nSPS) is 20.0. The lowest BCUT2D eigenvalue weighted by atomic mass is 9.96. The number of benzene rings is 1. The fraction of sp³-hybridized carbons (Fsp3) is 0.636. The first-order valence-electron chi connectivity index (χ1n) is 11.0. The van der Waals surface area contributed by atoms with Crippen LogP contribution in [0, 0.1) is 17.2 Å². The summed E-state index contributed by atoms with van der Waals surface area (Å²) in [6.07, 6.45) is 5.48. The van der Waals surface area contributed by atoms with Gasteiger partial charge in [0.05, 0.1) is 16.5 Å². The van der Waals surface area contributed by atoms with Gasteiger partial charge in [0, 0.05) is 38.1 Å². The minimum atomic E-state index is -3.59. The molecule has 2 fully saturated rings. The van der Waals surface area contributed by atoms with Crippen LogP contribution in [0.5, 0.6) is 0 Å². The van der Waals surface area contributed by atoms with Crippen molar-refractivity contribution in [3.63, 3.8) is 0 Å². The van der Waals surface area contributed by atoms with Gasteiger partial charge in [-0.3, -0.25) is 4.79 Å². The smallest absolute Gasteiger partial charge is 0.243 e. The highest BCUT2D eigenvalue weighted by Gasteiger charge is 2.33. The Morgan fingerprint density at radius 2 is 1.73 bits per heavy atom. The van der Waals surface area contributed by atoms with Crippen LogP contribution in [0.3, 0.4) is 0 Å². The van der Waals surface area contributed by atoms with Crippen LogP contribution >= 0.6 is 0 Å². The van der Waals surface area contributed by atoms with Gasteiger partial charge in [0.2, 0.25) is 15.9 Å². The van der Waals surface area contributed by atoms with E-state index in [0.29, 0.717) is 31.5 Å². The van der Waals surface area contributed by atoms with Crippen molar-refractivity contribution in [3.8, 4) is 6.07 Å². The molecule has 1 aromatic carbocycles. The monoisotopic (exact) mass is 432 g/mol. The summed E-state index contributed by atoms with van der Waals surface area (Å²) in [6, 6.07) is 8.20. The van der Waals surface area contributed by atoms with Crippen LogP contribution < -0.4 is 5.32 Å². The predicted molar refractivity (Wildman–Crippen MR) is 115 cm³/mol. The third-order valence-corrected chi connectivity index (χ3v) is 8.12. The highest BCUT2D eigenvalue weighted by atomic mass is 32.2. The maximum Gasteiger partial charge on any atom is 0.243 e.